The van der Waals surface area contributed by atoms with Crippen LogP contribution in [-0.4, -0.2) is 30.8 Å². The van der Waals surface area contributed by atoms with Crippen LogP contribution in [0.3, 0.4) is 0 Å². The predicted molar refractivity (Wildman–Crippen MR) is 175 cm³/mol. The normalized spacial score (nSPS) is 13.5. The van der Waals surface area contributed by atoms with Crippen molar-refractivity contribution < 1.29 is 24.2 Å². The summed E-state index contributed by atoms with van der Waals surface area (Å²) in [5.41, 5.74) is 12.9. The molecule has 2 aliphatic heterocycles. The zero-order valence-corrected chi connectivity index (χ0v) is 26.1. The first kappa shape index (κ1) is 25.0. The molecule has 211 valence electrons. The van der Waals surface area contributed by atoms with Gasteiger partial charge in [0.05, 0.1) is 0 Å². The molecule has 2 aliphatic rings. The summed E-state index contributed by atoms with van der Waals surface area (Å²) in [6.07, 6.45) is 3.24. The molecule has 6 heteroatoms. The van der Waals surface area contributed by atoms with Crippen LogP contribution in [0.25, 0.3) is 22.5 Å². The van der Waals surface area contributed by atoms with Gasteiger partial charge in [-0.05, 0) is 64.7 Å². The van der Waals surface area contributed by atoms with Crippen LogP contribution >= 0.6 is 0 Å². The van der Waals surface area contributed by atoms with Gasteiger partial charge in [-0.15, -0.1) is 65.1 Å². The molecule has 4 nitrogen and oxygen atoms in total. The summed E-state index contributed by atoms with van der Waals surface area (Å²) in [5.74, 6) is 0. The molecule has 1 radical (unpaired) electrons. The van der Waals surface area contributed by atoms with Crippen LogP contribution in [0, 0.1) is 19.0 Å². The molecule has 0 bridgehead atoms. The third kappa shape index (κ3) is 5.07. The van der Waals surface area contributed by atoms with Crippen LogP contribution in [0.1, 0.15) is 9.68 Å². The van der Waals surface area contributed by atoms with Gasteiger partial charge in [-0.3, -0.25) is 0 Å². The smallest absolute Gasteiger partial charge is 0.233 e. The van der Waals surface area contributed by atoms with E-state index >= 15 is 0 Å². The third-order valence-corrected chi connectivity index (χ3v) is 8.00. The summed E-state index contributed by atoms with van der Waals surface area (Å²) in [6, 6.07) is 42.9. The summed E-state index contributed by atoms with van der Waals surface area (Å²) in [4.78, 5) is 13.4. The first-order valence-corrected chi connectivity index (χ1v) is 13.9. The number of aryl methyl sites for hydroxylation is 1. The molecule has 6 aromatic rings. The average Bonchev–Trinajstić information content (AvgIpc) is 3.08. The number of anilines is 4. The van der Waals surface area contributed by atoms with Gasteiger partial charge >= 0.3 is 0 Å². The zero-order valence-electron chi connectivity index (χ0n) is 26.7. The van der Waals surface area contributed by atoms with E-state index in [1.165, 1.54) is 45.3 Å². The van der Waals surface area contributed by atoms with Crippen LogP contribution < -0.4 is 26.2 Å². The molecular weight excluding hydrogens is 703 g/mol. The number of hydrogen-bond acceptors (Lipinski definition) is 4. The maximum Gasteiger partial charge on any atom is 0.233 e. The summed E-state index contributed by atoms with van der Waals surface area (Å²) in [5, 5.41) is 0. The standard InChI is InChI=1S/C25H19BN3.C12H10N.Ir/c1-28-21-13-4-3-10-18(21)26-19-11-7-9-17(20-12-5-6-16-27-20)25(19)29(2)23-15-8-14-22(28)24(23)26;1-10-7-8-12(13-9-10)11-5-3-2-4-6-11;/h3-8,10-16H,1-2H3;2-5,7-9H,1H3;/q2*-1;/i;1D3;. The van der Waals surface area contributed by atoms with Crippen LogP contribution in [0.5, 0.6) is 0 Å². The molecule has 0 atom stereocenters. The SMILES string of the molecule is CN1c2ccccc2B2c3cc[c-]c(-c4ccccn4)c3N(C)c3cccc1c32.[2H]C([2H])([2H])c1ccc(-c2[c-]cccc2)nc1.[Ir]. The van der Waals surface area contributed by atoms with Crippen molar-refractivity contribution in [2.75, 3.05) is 23.9 Å². The van der Waals surface area contributed by atoms with E-state index in [0.29, 0.717) is 0 Å². The van der Waals surface area contributed by atoms with Crippen molar-refractivity contribution in [3.63, 3.8) is 0 Å². The first-order valence-electron chi connectivity index (χ1n) is 15.4. The van der Waals surface area contributed by atoms with Crippen molar-refractivity contribution in [1.82, 2.24) is 9.97 Å². The first-order chi connectivity index (χ1) is 21.8. The summed E-state index contributed by atoms with van der Waals surface area (Å²) in [6.45, 7) is -1.89. The molecule has 43 heavy (non-hydrogen) atoms. The maximum absolute atomic E-state index is 7.23. The van der Waals surface area contributed by atoms with Crippen molar-refractivity contribution in [3.8, 4) is 22.5 Å². The minimum atomic E-state index is -2.09. The summed E-state index contributed by atoms with van der Waals surface area (Å²) in [7, 11) is 4.32. The summed E-state index contributed by atoms with van der Waals surface area (Å²) >= 11 is 0. The molecule has 0 saturated heterocycles. The number of fused-ring (bicyclic) bond motifs is 4. The number of nitrogens with zero attached hydrogens (tertiary/aromatic N) is 4. The maximum atomic E-state index is 7.23. The van der Waals surface area contributed by atoms with E-state index in [9.17, 15) is 0 Å². The number of hydrogen-bond donors (Lipinski definition) is 0. The van der Waals surface area contributed by atoms with Crippen molar-refractivity contribution in [3.05, 3.63) is 139 Å². The van der Waals surface area contributed by atoms with E-state index < -0.39 is 6.85 Å². The van der Waals surface area contributed by atoms with E-state index in [0.717, 1.165) is 22.5 Å². The second kappa shape index (κ2) is 12.0. The predicted octanol–water partition coefficient (Wildman–Crippen LogP) is 6.08. The molecule has 0 spiro atoms. The number of pyridine rings is 2. The van der Waals surface area contributed by atoms with Crippen molar-refractivity contribution in [2.24, 2.45) is 0 Å². The Hall–Kier alpha value is -4.51. The molecular formula is C37H29BIrN4-2. The van der Waals surface area contributed by atoms with Gasteiger partial charge in [0.1, 0.15) is 0 Å². The number of rotatable bonds is 2. The minimum Gasteiger partial charge on any atom is -0.385 e. The molecule has 0 unspecified atom stereocenters. The van der Waals surface area contributed by atoms with E-state index in [1.54, 1.807) is 18.2 Å². The Morgan fingerprint density at radius 1 is 0.674 bits per heavy atom. The van der Waals surface area contributed by atoms with Gasteiger partial charge in [0.2, 0.25) is 6.71 Å². The van der Waals surface area contributed by atoms with Gasteiger partial charge in [0.25, 0.3) is 0 Å². The molecule has 0 amide bonds. The second-order valence-electron chi connectivity index (χ2n) is 10.4. The topological polar surface area (TPSA) is 32.3 Å². The fourth-order valence-corrected chi connectivity index (χ4v) is 6.10. The molecule has 8 rings (SSSR count). The van der Waals surface area contributed by atoms with Gasteiger partial charge in [0, 0.05) is 67.8 Å². The van der Waals surface area contributed by atoms with Crippen molar-refractivity contribution in [2.45, 2.75) is 6.85 Å². The average molecular weight is 736 g/mol. The van der Waals surface area contributed by atoms with Crippen LogP contribution in [0.15, 0.2) is 122 Å². The Morgan fingerprint density at radius 3 is 2.21 bits per heavy atom. The zero-order chi connectivity index (χ0) is 31.1. The van der Waals surface area contributed by atoms with Crippen LogP contribution in [0.4, 0.5) is 22.7 Å². The Morgan fingerprint density at radius 2 is 1.47 bits per heavy atom. The Bertz CT molecular complexity index is 1990. The van der Waals surface area contributed by atoms with Gasteiger partial charge in [-0.25, -0.2) is 0 Å². The van der Waals surface area contributed by atoms with Gasteiger partial charge in [-0.2, -0.15) is 0 Å². The molecule has 0 saturated carbocycles. The molecule has 2 aromatic heterocycles. The van der Waals surface area contributed by atoms with Gasteiger partial charge in [-0.1, -0.05) is 48.5 Å². The molecule has 4 aromatic carbocycles. The van der Waals surface area contributed by atoms with E-state index in [-0.39, 0.29) is 32.4 Å². The number of benzene rings is 4. The minimum absolute atomic E-state index is 0. The Labute approximate surface area is 271 Å². The number of aromatic nitrogens is 2. The molecule has 0 fully saturated rings. The van der Waals surface area contributed by atoms with Crippen molar-refractivity contribution in [1.29, 1.82) is 0 Å². The van der Waals surface area contributed by atoms with E-state index in [1.807, 2.05) is 42.6 Å². The van der Waals surface area contributed by atoms with E-state index in [4.69, 9.17) is 4.11 Å². The van der Waals surface area contributed by atoms with Crippen molar-refractivity contribution >= 4 is 45.9 Å². The quantitative estimate of drug-likeness (QED) is 0.160. The Kier molecular flexibility index (Phi) is 6.99. The Balaban J connectivity index is 0.000000187. The van der Waals surface area contributed by atoms with Crippen LogP contribution in [-0.2, 0) is 20.1 Å². The third-order valence-electron chi connectivity index (χ3n) is 8.00. The summed E-state index contributed by atoms with van der Waals surface area (Å²) < 4.78 is 21.7. The number of para-hydroxylation sites is 1. The van der Waals surface area contributed by atoms with Gasteiger partial charge < -0.3 is 19.8 Å². The van der Waals surface area contributed by atoms with E-state index in [2.05, 4.69) is 101 Å². The monoisotopic (exact) mass is 736 g/mol. The molecule has 0 N–H and O–H groups in total. The fourth-order valence-electron chi connectivity index (χ4n) is 6.10. The molecule has 4 heterocycles. The largest absolute Gasteiger partial charge is 0.385 e. The van der Waals surface area contributed by atoms with Gasteiger partial charge in [0.15, 0.2) is 0 Å². The fraction of sp³-hybridized carbons (Fsp3) is 0.0811. The molecule has 0 aliphatic carbocycles. The second-order valence-corrected chi connectivity index (χ2v) is 10.4. The van der Waals surface area contributed by atoms with Crippen LogP contribution in [0.2, 0.25) is 0 Å².